The molecule has 1 saturated carbocycles. The van der Waals surface area contributed by atoms with E-state index in [2.05, 4.69) is 10.6 Å². The van der Waals surface area contributed by atoms with Crippen LogP contribution in [0.25, 0.3) is 0 Å². The molecule has 4 rings (SSSR count). The highest BCUT2D eigenvalue weighted by molar-refractivity contribution is 5.94. The van der Waals surface area contributed by atoms with E-state index in [4.69, 9.17) is 0 Å². The van der Waals surface area contributed by atoms with Gasteiger partial charge in [-0.2, -0.15) is 0 Å². The fraction of sp³-hybridized carbons (Fsp3) is 0.400. The molecule has 2 aromatic rings. The highest BCUT2D eigenvalue weighted by Gasteiger charge is 2.34. The maximum Gasteiger partial charge on any atom is 0.227 e. The zero-order valence-electron chi connectivity index (χ0n) is 18.1. The minimum atomic E-state index is -0.336. The molecule has 0 bridgehead atoms. The van der Waals surface area contributed by atoms with Crippen LogP contribution in [0.2, 0.25) is 0 Å². The highest BCUT2D eigenvalue weighted by atomic mass is 16.2. The molecule has 162 valence electrons. The summed E-state index contributed by atoms with van der Waals surface area (Å²) in [6, 6.07) is 15.5. The van der Waals surface area contributed by atoms with Crippen LogP contribution in [0.1, 0.15) is 48.9 Å². The number of aryl methyl sites for hydroxylation is 1. The molecule has 1 aliphatic carbocycles. The van der Waals surface area contributed by atoms with E-state index in [-0.39, 0.29) is 42.0 Å². The Balaban J connectivity index is 1.29. The Morgan fingerprint density at radius 3 is 2.32 bits per heavy atom. The molecule has 2 N–H and O–H groups in total. The average Bonchev–Trinajstić information content (AvgIpc) is 3.54. The highest BCUT2D eigenvalue weighted by Crippen LogP contribution is 2.30. The largest absolute Gasteiger partial charge is 0.349 e. The van der Waals surface area contributed by atoms with Crippen LogP contribution in [0.15, 0.2) is 48.5 Å². The van der Waals surface area contributed by atoms with Crippen molar-refractivity contribution in [2.45, 2.75) is 45.7 Å². The number of amides is 3. The third-order valence-corrected chi connectivity index (χ3v) is 6.06. The summed E-state index contributed by atoms with van der Waals surface area (Å²) in [6.07, 6.45) is 2.19. The number of carbonyl (C=O) groups excluding carboxylic acids is 3. The summed E-state index contributed by atoms with van der Waals surface area (Å²) in [7, 11) is 0. The van der Waals surface area contributed by atoms with E-state index < -0.39 is 0 Å². The Bertz CT molecular complexity index is 965. The van der Waals surface area contributed by atoms with Crippen molar-refractivity contribution < 1.29 is 14.4 Å². The Morgan fingerprint density at radius 2 is 1.68 bits per heavy atom. The van der Waals surface area contributed by atoms with E-state index in [1.807, 2.05) is 62.4 Å². The van der Waals surface area contributed by atoms with Crippen LogP contribution in [0.4, 0.5) is 5.69 Å². The molecule has 6 heteroatoms. The Labute approximate surface area is 183 Å². The van der Waals surface area contributed by atoms with Gasteiger partial charge in [0.1, 0.15) is 0 Å². The monoisotopic (exact) mass is 419 g/mol. The van der Waals surface area contributed by atoms with Crippen molar-refractivity contribution in [3.8, 4) is 0 Å². The van der Waals surface area contributed by atoms with Gasteiger partial charge in [0.2, 0.25) is 17.7 Å². The van der Waals surface area contributed by atoms with E-state index in [0.29, 0.717) is 13.1 Å². The SMILES string of the molecule is Cc1ccc(CN2C[C@H](C(=O)N[C@@H](C)c3ccc(NC(=O)C4CC4)cc3)CC2=O)cc1. The molecule has 0 unspecified atom stereocenters. The topological polar surface area (TPSA) is 78.5 Å². The second kappa shape index (κ2) is 8.92. The van der Waals surface area contributed by atoms with Gasteiger partial charge in [-0.05, 0) is 49.9 Å². The van der Waals surface area contributed by atoms with E-state index in [1.54, 1.807) is 4.90 Å². The summed E-state index contributed by atoms with van der Waals surface area (Å²) >= 11 is 0. The maximum absolute atomic E-state index is 12.8. The fourth-order valence-corrected chi connectivity index (χ4v) is 3.87. The summed E-state index contributed by atoms with van der Waals surface area (Å²) in [5, 5.41) is 5.95. The van der Waals surface area contributed by atoms with Gasteiger partial charge in [-0.25, -0.2) is 0 Å². The molecule has 2 atom stereocenters. The molecular weight excluding hydrogens is 390 g/mol. The zero-order valence-corrected chi connectivity index (χ0v) is 18.1. The van der Waals surface area contributed by atoms with Crippen LogP contribution in [0.3, 0.4) is 0 Å². The number of rotatable bonds is 7. The number of nitrogens with zero attached hydrogens (tertiary/aromatic N) is 1. The molecule has 0 aromatic heterocycles. The summed E-state index contributed by atoms with van der Waals surface area (Å²) in [6.45, 7) is 4.94. The standard InChI is InChI=1S/C25H29N3O3/c1-16-3-5-18(6-4-16)14-28-15-21(13-23(28)29)25(31)26-17(2)19-9-11-22(12-10-19)27-24(30)20-7-8-20/h3-6,9-12,17,20-21H,7-8,13-15H2,1-2H3,(H,26,31)(H,27,30)/t17-,21+/m0/s1. The third kappa shape index (κ3) is 5.32. The second-order valence-electron chi connectivity index (χ2n) is 8.78. The Morgan fingerprint density at radius 1 is 1.00 bits per heavy atom. The van der Waals surface area contributed by atoms with Gasteiger partial charge in [-0.1, -0.05) is 42.0 Å². The molecule has 1 aliphatic heterocycles. The third-order valence-electron chi connectivity index (χ3n) is 6.06. The van der Waals surface area contributed by atoms with Gasteiger partial charge in [0.05, 0.1) is 12.0 Å². The van der Waals surface area contributed by atoms with E-state index in [1.165, 1.54) is 5.56 Å². The fourth-order valence-electron chi connectivity index (χ4n) is 3.87. The van der Waals surface area contributed by atoms with Gasteiger partial charge in [-0.15, -0.1) is 0 Å². The number of likely N-dealkylation sites (tertiary alicyclic amines) is 1. The van der Waals surface area contributed by atoms with Crippen LogP contribution in [-0.2, 0) is 20.9 Å². The predicted molar refractivity (Wildman–Crippen MR) is 119 cm³/mol. The van der Waals surface area contributed by atoms with E-state index in [9.17, 15) is 14.4 Å². The van der Waals surface area contributed by atoms with Crippen molar-refractivity contribution in [1.29, 1.82) is 0 Å². The minimum Gasteiger partial charge on any atom is -0.349 e. The molecule has 1 saturated heterocycles. The lowest BCUT2D eigenvalue weighted by atomic mass is 10.0. The van der Waals surface area contributed by atoms with Crippen molar-refractivity contribution in [3.05, 3.63) is 65.2 Å². The van der Waals surface area contributed by atoms with Crippen molar-refractivity contribution in [1.82, 2.24) is 10.2 Å². The number of hydrogen-bond acceptors (Lipinski definition) is 3. The molecule has 0 spiro atoms. The van der Waals surface area contributed by atoms with Crippen molar-refractivity contribution in [3.63, 3.8) is 0 Å². The first kappa shape index (κ1) is 21.1. The van der Waals surface area contributed by atoms with Gasteiger partial charge in [0.25, 0.3) is 0 Å². The number of nitrogens with one attached hydrogen (secondary N) is 2. The van der Waals surface area contributed by atoms with Gasteiger partial charge >= 0.3 is 0 Å². The average molecular weight is 420 g/mol. The first-order valence-corrected chi connectivity index (χ1v) is 10.9. The molecule has 6 nitrogen and oxygen atoms in total. The quantitative estimate of drug-likeness (QED) is 0.720. The van der Waals surface area contributed by atoms with Crippen molar-refractivity contribution in [2.24, 2.45) is 11.8 Å². The lowest BCUT2D eigenvalue weighted by Crippen LogP contribution is -2.34. The van der Waals surface area contributed by atoms with Crippen LogP contribution in [0.5, 0.6) is 0 Å². The van der Waals surface area contributed by atoms with Gasteiger partial charge in [-0.3, -0.25) is 14.4 Å². The molecule has 1 heterocycles. The summed E-state index contributed by atoms with van der Waals surface area (Å²) in [5.41, 5.74) is 3.98. The van der Waals surface area contributed by atoms with E-state index in [0.717, 1.165) is 29.7 Å². The maximum atomic E-state index is 12.8. The van der Waals surface area contributed by atoms with Gasteiger partial charge in [0, 0.05) is 31.1 Å². The zero-order chi connectivity index (χ0) is 22.0. The minimum absolute atomic E-state index is 0.0177. The first-order valence-electron chi connectivity index (χ1n) is 10.9. The van der Waals surface area contributed by atoms with Gasteiger partial charge < -0.3 is 15.5 Å². The summed E-state index contributed by atoms with van der Waals surface area (Å²) < 4.78 is 0. The number of carbonyl (C=O) groups is 3. The second-order valence-corrected chi connectivity index (χ2v) is 8.78. The van der Waals surface area contributed by atoms with Crippen LogP contribution in [0, 0.1) is 18.8 Å². The summed E-state index contributed by atoms with van der Waals surface area (Å²) in [4.78, 5) is 38.8. The lowest BCUT2D eigenvalue weighted by molar-refractivity contribution is -0.129. The van der Waals surface area contributed by atoms with E-state index >= 15 is 0 Å². The van der Waals surface area contributed by atoms with Crippen LogP contribution in [-0.4, -0.2) is 29.2 Å². The normalized spacial score (nSPS) is 19.2. The number of benzene rings is 2. The molecule has 2 fully saturated rings. The first-order chi connectivity index (χ1) is 14.9. The lowest BCUT2D eigenvalue weighted by Gasteiger charge is -2.19. The van der Waals surface area contributed by atoms with Gasteiger partial charge in [0.15, 0.2) is 0 Å². The van der Waals surface area contributed by atoms with Crippen LogP contribution >= 0.6 is 0 Å². The van der Waals surface area contributed by atoms with Crippen LogP contribution < -0.4 is 10.6 Å². The molecule has 0 radical (unpaired) electrons. The smallest absolute Gasteiger partial charge is 0.227 e. The molecule has 31 heavy (non-hydrogen) atoms. The predicted octanol–water partition coefficient (Wildman–Crippen LogP) is 3.57. The van der Waals surface area contributed by atoms with Crippen molar-refractivity contribution in [2.75, 3.05) is 11.9 Å². The molecular formula is C25H29N3O3. The molecule has 2 aromatic carbocycles. The summed E-state index contributed by atoms with van der Waals surface area (Å²) in [5.74, 6) is -0.173. The number of hydrogen-bond donors (Lipinski definition) is 2. The molecule has 3 amide bonds. The number of anilines is 1. The molecule has 2 aliphatic rings. The van der Waals surface area contributed by atoms with Crippen molar-refractivity contribution >= 4 is 23.4 Å². The Kier molecular flexibility index (Phi) is 6.07. The Hall–Kier alpha value is -3.15.